The minimum Gasteiger partial charge on any atom is -0.366 e. The predicted molar refractivity (Wildman–Crippen MR) is 78.0 cm³/mol. The van der Waals surface area contributed by atoms with Crippen LogP contribution in [-0.2, 0) is 11.3 Å². The first-order valence-corrected chi connectivity index (χ1v) is 7.07. The van der Waals surface area contributed by atoms with E-state index in [-0.39, 0.29) is 11.9 Å². The lowest BCUT2D eigenvalue weighted by Crippen LogP contribution is -2.44. The smallest absolute Gasteiger partial charge is 0.174 e. The van der Waals surface area contributed by atoms with Crippen molar-refractivity contribution in [2.45, 2.75) is 18.9 Å². The van der Waals surface area contributed by atoms with Crippen LogP contribution in [0.2, 0.25) is 0 Å². The fourth-order valence-corrected chi connectivity index (χ4v) is 2.73. The van der Waals surface area contributed by atoms with Gasteiger partial charge in [-0.05, 0) is 23.3 Å². The lowest BCUT2D eigenvalue weighted by molar-refractivity contribution is -0.184. The highest BCUT2D eigenvalue weighted by Gasteiger charge is 2.32. The van der Waals surface area contributed by atoms with Gasteiger partial charge in [0.1, 0.15) is 5.82 Å². The van der Waals surface area contributed by atoms with Crippen LogP contribution in [0.5, 0.6) is 0 Å². The van der Waals surface area contributed by atoms with Crippen LogP contribution in [0.3, 0.4) is 0 Å². The van der Waals surface area contributed by atoms with Crippen LogP contribution < -0.4 is 0 Å². The molecule has 2 unspecified atom stereocenters. The van der Waals surface area contributed by atoms with E-state index in [1.165, 1.54) is 17.7 Å². The molecule has 0 saturated carbocycles. The molecule has 21 heavy (non-hydrogen) atoms. The summed E-state index contributed by atoms with van der Waals surface area (Å²) in [7, 11) is 0. The fraction of sp³-hybridized carbons (Fsp3) is 0.294. The molecule has 1 fully saturated rings. The number of halogens is 1. The Bertz CT molecular complexity index is 573. The average Bonchev–Trinajstić information content (AvgIpc) is 2.50. The first-order valence-electron chi connectivity index (χ1n) is 7.07. The zero-order valence-corrected chi connectivity index (χ0v) is 11.7. The summed E-state index contributed by atoms with van der Waals surface area (Å²) in [5.41, 5.74) is 2.04. The molecule has 2 atom stereocenters. The van der Waals surface area contributed by atoms with E-state index in [0.717, 1.165) is 18.7 Å². The first-order chi connectivity index (χ1) is 10.2. The molecule has 3 rings (SSSR count). The molecule has 110 valence electrons. The molecule has 0 aliphatic carbocycles. The second-order valence-corrected chi connectivity index (χ2v) is 5.21. The number of hydrogen-bond donors (Lipinski definition) is 1. The second kappa shape index (κ2) is 6.35. The van der Waals surface area contributed by atoms with Crippen molar-refractivity contribution >= 4 is 0 Å². The number of aliphatic hydroxyl groups is 1. The molecule has 1 N–H and O–H groups in total. The van der Waals surface area contributed by atoms with Crippen molar-refractivity contribution in [1.82, 2.24) is 4.90 Å². The number of ether oxygens (including phenoxy) is 1. The standard InChI is InChI=1S/C17H18FNO2/c18-15-8-6-14(7-9-15)16-17(20)21-11-10-19(16)12-13-4-2-1-3-5-13/h1-9,16-17,20H,10-12H2. The van der Waals surface area contributed by atoms with Crippen molar-refractivity contribution in [3.63, 3.8) is 0 Å². The van der Waals surface area contributed by atoms with Crippen LogP contribution in [0.4, 0.5) is 4.39 Å². The van der Waals surface area contributed by atoms with Crippen molar-refractivity contribution in [1.29, 1.82) is 0 Å². The summed E-state index contributed by atoms with van der Waals surface area (Å²) >= 11 is 0. The molecular formula is C17H18FNO2. The Labute approximate surface area is 123 Å². The molecule has 0 amide bonds. The predicted octanol–water partition coefficient (Wildman–Crippen LogP) is 2.72. The third kappa shape index (κ3) is 3.29. The largest absolute Gasteiger partial charge is 0.366 e. The topological polar surface area (TPSA) is 32.7 Å². The summed E-state index contributed by atoms with van der Waals surface area (Å²) in [5.74, 6) is -0.278. The molecule has 0 aromatic heterocycles. The molecule has 2 aromatic rings. The summed E-state index contributed by atoms with van der Waals surface area (Å²) in [5, 5.41) is 10.2. The molecule has 1 heterocycles. The Morgan fingerprint density at radius 3 is 2.52 bits per heavy atom. The van der Waals surface area contributed by atoms with Gasteiger partial charge in [0, 0.05) is 13.1 Å². The Balaban J connectivity index is 1.84. The van der Waals surface area contributed by atoms with E-state index in [1.54, 1.807) is 12.1 Å². The van der Waals surface area contributed by atoms with Crippen molar-refractivity contribution in [3.8, 4) is 0 Å². The van der Waals surface area contributed by atoms with Gasteiger partial charge in [0.05, 0.1) is 12.6 Å². The van der Waals surface area contributed by atoms with Gasteiger partial charge in [-0.15, -0.1) is 0 Å². The Hall–Kier alpha value is -1.75. The molecule has 0 bridgehead atoms. The third-order valence-electron chi connectivity index (χ3n) is 3.77. The van der Waals surface area contributed by atoms with Crippen LogP contribution in [0.1, 0.15) is 17.2 Å². The lowest BCUT2D eigenvalue weighted by atomic mass is 10.0. The minimum atomic E-state index is -0.895. The minimum absolute atomic E-state index is 0.278. The maximum absolute atomic E-state index is 13.1. The molecule has 3 nitrogen and oxygen atoms in total. The van der Waals surface area contributed by atoms with Crippen LogP contribution >= 0.6 is 0 Å². The van der Waals surface area contributed by atoms with E-state index in [1.807, 2.05) is 18.2 Å². The quantitative estimate of drug-likeness (QED) is 0.942. The van der Waals surface area contributed by atoms with Gasteiger partial charge in [-0.2, -0.15) is 0 Å². The number of rotatable bonds is 3. The van der Waals surface area contributed by atoms with Gasteiger partial charge in [-0.25, -0.2) is 4.39 Å². The lowest BCUT2D eigenvalue weighted by Gasteiger charge is -2.39. The molecule has 1 aliphatic rings. The van der Waals surface area contributed by atoms with E-state index in [0.29, 0.717) is 6.61 Å². The summed E-state index contributed by atoms with van der Waals surface area (Å²) in [6.45, 7) is 1.95. The van der Waals surface area contributed by atoms with Crippen molar-refractivity contribution < 1.29 is 14.2 Å². The fourth-order valence-electron chi connectivity index (χ4n) is 2.73. The van der Waals surface area contributed by atoms with E-state index >= 15 is 0 Å². The van der Waals surface area contributed by atoms with Crippen molar-refractivity contribution in [2.24, 2.45) is 0 Å². The number of benzene rings is 2. The average molecular weight is 287 g/mol. The molecule has 2 aromatic carbocycles. The monoisotopic (exact) mass is 287 g/mol. The highest BCUT2D eigenvalue weighted by Crippen LogP contribution is 2.29. The van der Waals surface area contributed by atoms with Gasteiger partial charge in [-0.1, -0.05) is 42.5 Å². The number of hydrogen-bond acceptors (Lipinski definition) is 3. The van der Waals surface area contributed by atoms with E-state index in [9.17, 15) is 9.50 Å². The highest BCUT2D eigenvalue weighted by molar-refractivity contribution is 5.22. The van der Waals surface area contributed by atoms with Crippen molar-refractivity contribution in [3.05, 3.63) is 71.5 Å². The summed E-state index contributed by atoms with van der Waals surface area (Å²) in [6, 6.07) is 16.1. The molecule has 0 spiro atoms. The van der Waals surface area contributed by atoms with E-state index < -0.39 is 6.29 Å². The van der Waals surface area contributed by atoms with Gasteiger partial charge in [0.2, 0.25) is 0 Å². The van der Waals surface area contributed by atoms with Gasteiger partial charge in [0.15, 0.2) is 6.29 Å². The zero-order chi connectivity index (χ0) is 14.7. The van der Waals surface area contributed by atoms with Gasteiger partial charge >= 0.3 is 0 Å². The molecule has 1 aliphatic heterocycles. The highest BCUT2D eigenvalue weighted by atomic mass is 19.1. The van der Waals surface area contributed by atoms with Gasteiger partial charge in [0.25, 0.3) is 0 Å². The normalized spacial score (nSPS) is 23.1. The molecule has 1 saturated heterocycles. The molecule has 0 radical (unpaired) electrons. The Kier molecular flexibility index (Phi) is 4.29. The van der Waals surface area contributed by atoms with Crippen LogP contribution in [0.15, 0.2) is 54.6 Å². The van der Waals surface area contributed by atoms with Crippen LogP contribution in [0.25, 0.3) is 0 Å². The summed E-state index contributed by atoms with van der Waals surface area (Å²) in [4.78, 5) is 2.16. The number of nitrogens with zero attached hydrogens (tertiary/aromatic N) is 1. The van der Waals surface area contributed by atoms with Gasteiger partial charge < -0.3 is 9.84 Å². The second-order valence-electron chi connectivity index (χ2n) is 5.21. The summed E-state index contributed by atoms with van der Waals surface area (Å²) in [6.07, 6.45) is -0.895. The van der Waals surface area contributed by atoms with Gasteiger partial charge in [-0.3, -0.25) is 4.90 Å². The van der Waals surface area contributed by atoms with E-state index in [4.69, 9.17) is 4.74 Å². The first kappa shape index (κ1) is 14.2. The van der Waals surface area contributed by atoms with E-state index in [2.05, 4.69) is 17.0 Å². The Morgan fingerprint density at radius 1 is 1.10 bits per heavy atom. The van der Waals surface area contributed by atoms with Crippen LogP contribution in [-0.4, -0.2) is 29.4 Å². The third-order valence-corrected chi connectivity index (χ3v) is 3.77. The maximum Gasteiger partial charge on any atom is 0.174 e. The SMILES string of the molecule is OC1OCCN(Cc2ccccc2)C1c1ccc(F)cc1. The summed E-state index contributed by atoms with van der Waals surface area (Å²) < 4.78 is 18.5. The van der Waals surface area contributed by atoms with Crippen molar-refractivity contribution in [2.75, 3.05) is 13.2 Å². The maximum atomic E-state index is 13.1. The number of morpholine rings is 1. The Morgan fingerprint density at radius 2 is 1.81 bits per heavy atom. The molecule has 4 heteroatoms. The van der Waals surface area contributed by atoms with Crippen LogP contribution in [0, 0.1) is 5.82 Å². The number of aliphatic hydroxyl groups excluding tert-OH is 1. The zero-order valence-electron chi connectivity index (χ0n) is 11.7. The molecular weight excluding hydrogens is 269 g/mol.